The fourth-order valence-electron chi connectivity index (χ4n) is 1.05. The Morgan fingerprint density at radius 1 is 1.64 bits per heavy atom. The molecule has 5 heteroatoms. The highest BCUT2D eigenvalue weighted by atomic mass is 19.3. The molecule has 1 rings (SSSR count). The third kappa shape index (κ3) is 2.11. The maximum Gasteiger partial charge on any atom is 0.252 e. The molecule has 0 heterocycles. The number of nitrogens with two attached hydrogens (primary N) is 1. The Bertz CT molecular complexity index is 164. The number of rotatable bonds is 2. The first-order valence-electron chi connectivity index (χ1n) is 3.41. The molecule has 3 nitrogen and oxygen atoms in total. The molecule has 0 radical (unpaired) electrons. The predicted molar refractivity (Wildman–Crippen MR) is 35.2 cm³/mol. The molecule has 1 aliphatic rings. The fourth-order valence-corrected chi connectivity index (χ4v) is 1.05. The highest BCUT2D eigenvalue weighted by Crippen LogP contribution is 2.37. The molecule has 0 unspecified atom stereocenters. The van der Waals surface area contributed by atoms with Crippen LogP contribution < -0.4 is 11.1 Å². The number of amides is 1. The lowest BCUT2D eigenvalue weighted by atomic mass is 9.88. The van der Waals surface area contributed by atoms with Crippen LogP contribution in [0.4, 0.5) is 8.78 Å². The van der Waals surface area contributed by atoms with E-state index in [2.05, 4.69) is 5.32 Å². The monoisotopic (exact) mass is 164 g/mol. The van der Waals surface area contributed by atoms with E-state index in [9.17, 15) is 13.6 Å². The van der Waals surface area contributed by atoms with Crippen molar-refractivity contribution in [1.29, 1.82) is 0 Å². The molecular weight excluding hydrogens is 154 g/mol. The van der Waals surface area contributed by atoms with Crippen molar-refractivity contribution in [2.24, 2.45) is 5.73 Å². The number of carbonyl (C=O) groups is 1. The first-order valence-corrected chi connectivity index (χ1v) is 3.41. The van der Waals surface area contributed by atoms with E-state index >= 15 is 0 Å². The lowest BCUT2D eigenvalue weighted by molar-refractivity contribution is -0.127. The van der Waals surface area contributed by atoms with E-state index in [1.54, 1.807) is 0 Å². The van der Waals surface area contributed by atoms with Gasteiger partial charge in [0.2, 0.25) is 5.91 Å². The van der Waals surface area contributed by atoms with Gasteiger partial charge in [0.15, 0.2) is 0 Å². The second-order valence-electron chi connectivity index (χ2n) is 2.73. The van der Waals surface area contributed by atoms with E-state index in [1.165, 1.54) is 0 Å². The van der Waals surface area contributed by atoms with Gasteiger partial charge in [-0.15, -0.1) is 0 Å². The Morgan fingerprint density at radius 2 is 2.18 bits per heavy atom. The lowest BCUT2D eigenvalue weighted by Crippen LogP contribution is -2.51. The van der Waals surface area contributed by atoms with E-state index in [1.807, 2.05) is 0 Å². The summed E-state index contributed by atoms with van der Waals surface area (Å²) in [6.45, 7) is -0.137. The zero-order valence-corrected chi connectivity index (χ0v) is 5.94. The number of carbonyl (C=O) groups excluding carboxylic acids is 1. The maximum atomic E-state index is 12.2. The third-order valence-corrected chi connectivity index (χ3v) is 1.64. The maximum absolute atomic E-state index is 12.2. The van der Waals surface area contributed by atoms with Crippen LogP contribution in [-0.4, -0.2) is 24.4 Å². The topological polar surface area (TPSA) is 55.1 Å². The summed E-state index contributed by atoms with van der Waals surface area (Å²) in [4.78, 5) is 10.5. The minimum Gasteiger partial charge on any atom is -0.352 e. The number of nitrogens with one attached hydrogen (secondary N) is 1. The van der Waals surface area contributed by atoms with Crippen molar-refractivity contribution in [3.8, 4) is 0 Å². The zero-order chi connectivity index (χ0) is 8.48. The highest BCUT2D eigenvalue weighted by Gasteiger charge is 2.45. The number of hydrogen-bond donors (Lipinski definition) is 2. The van der Waals surface area contributed by atoms with Gasteiger partial charge in [0.1, 0.15) is 0 Å². The normalized spacial score (nSPS) is 22.5. The van der Waals surface area contributed by atoms with Gasteiger partial charge in [-0.25, -0.2) is 8.78 Å². The molecular formula is C6H10F2N2O. The Kier molecular flexibility index (Phi) is 2.08. The average molecular weight is 164 g/mol. The quantitative estimate of drug-likeness (QED) is 0.596. The van der Waals surface area contributed by atoms with Gasteiger partial charge in [-0.05, 0) is 0 Å². The van der Waals surface area contributed by atoms with Crippen molar-refractivity contribution in [2.45, 2.75) is 24.8 Å². The van der Waals surface area contributed by atoms with E-state index in [-0.39, 0.29) is 31.3 Å². The number of hydrogen-bond acceptors (Lipinski definition) is 2. The second kappa shape index (κ2) is 2.73. The van der Waals surface area contributed by atoms with Crippen molar-refractivity contribution in [2.75, 3.05) is 6.54 Å². The Labute approximate surface area is 62.9 Å². The largest absolute Gasteiger partial charge is 0.352 e. The van der Waals surface area contributed by atoms with E-state index in [0.29, 0.717) is 0 Å². The number of halogens is 2. The van der Waals surface area contributed by atoms with Crippen LogP contribution in [0.1, 0.15) is 12.8 Å². The minimum absolute atomic E-state index is 0.137. The molecule has 0 aromatic carbocycles. The van der Waals surface area contributed by atoms with Crippen LogP contribution in [0.3, 0.4) is 0 Å². The van der Waals surface area contributed by atoms with E-state index < -0.39 is 5.92 Å². The molecule has 0 aliphatic heterocycles. The molecule has 3 N–H and O–H groups in total. The first kappa shape index (κ1) is 8.39. The van der Waals surface area contributed by atoms with Crippen molar-refractivity contribution in [3.63, 3.8) is 0 Å². The summed E-state index contributed by atoms with van der Waals surface area (Å²) in [5.41, 5.74) is 4.97. The highest BCUT2D eigenvalue weighted by molar-refractivity contribution is 5.78. The van der Waals surface area contributed by atoms with Crippen LogP contribution in [0.5, 0.6) is 0 Å². The summed E-state index contributed by atoms with van der Waals surface area (Å²) in [6.07, 6.45) is -0.503. The molecule has 0 bridgehead atoms. The molecule has 0 aromatic heterocycles. The van der Waals surface area contributed by atoms with Crippen LogP contribution >= 0.6 is 0 Å². The van der Waals surface area contributed by atoms with Gasteiger partial charge in [0, 0.05) is 18.9 Å². The average Bonchev–Trinajstić information content (AvgIpc) is 1.83. The molecule has 11 heavy (non-hydrogen) atoms. The fraction of sp³-hybridized carbons (Fsp3) is 0.833. The van der Waals surface area contributed by atoms with Crippen LogP contribution in [0, 0.1) is 0 Å². The minimum atomic E-state index is -2.58. The van der Waals surface area contributed by atoms with Crippen molar-refractivity contribution >= 4 is 5.91 Å². The Morgan fingerprint density at radius 3 is 2.55 bits per heavy atom. The number of alkyl halides is 2. The summed E-state index contributed by atoms with van der Waals surface area (Å²) < 4.78 is 24.3. The van der Waals surface area contributed by atoms with Crippen molar-refractivity contribution in [1.82, 2.24) is 5.32 Å². The molecule has 0 saturated heterocycles. The van der Waals surface area contributed by atoms with Crippen LogP contribution in [-0.2, 0) is 4.79 Å². The molecule has 1 fully saturated rings. The second-order valence-corrected chi connectivity index (χ2v) is 2.73. The van der Waals surface area contributed by atoms with Gasteiger partial charge < -0.3 is 11.1 Å². The van der Waals surface area contributed by atoms with Gasteiger partial charge in [-0.2, -0.15) is 0 Å². The molecule has 1 aliphatic carbocycles. The van der Waals surface area contributed by atoms with Crippen LogP contribution in [0.25, 0.3) is 0 Å². The zero-order valence-electron chi connectivity index (χ0n) is 5.94. The van der Waals surface area contributed by atoms with Crippen molar-refractivity contribution < 1.29 is 13.6 Å². The first-order chi connectivity index (χ1) is 5.03. The third-order valence-electron chi connectivity index (χ3n) is 1.64. The van der Waals surface area contributed by atoms with Gasteiger partial charge in [0.25, 0.3) is 5.92 Å². The van der Waals surface area contributed by atoms with Gasteiger partial charge >= 0.3 is 0 Å². The summed E-state index contributed by atoms with van der Waals surface area (Å²) in [5, 5.41) is 2.38. The predicted octanol–water partition coefficient (Wildman–Crippen LogP) is -0.141. The van der Waals surface area contributed by atoms with Crippen molar-refractivity contribution in [3.05, 3.63) is 0 Å². The smallest absolute Gasteiger partial charge is 0.252 e. The van der Waals surface area contributed by atoms with Crippen LogP contribution in [0.2, 0.25) is 0 Å². The summed E-state index contributed by atoms with van der Waals surface area (Å²) in [5.74, 6) is -2.95. The van der Waals surface area contributed by atoms with E-state index in [0.717, 1.165) is 0 Å². The SMILES string of the molecule is NCC(=O)NC1CC(F)(F)C1. The Hall–Kier alpha value is -0.710. The molecule has 0 aromatic rings. The van der Waals surface area contributed by atoms with E-state index in [4.69, 9.17) is 5.73 Å². The molecule has 64 valence electrons. The summed E-state index contributed by atoms with van der Waals surface area (Å²) >= 11 is 0. The Balaban J connectivity index is 2.19. The standard InChI is InChI=1S/C6H10F2N2O/c7-6(8)1-4(2-6)10-5(11)3-9/h4H,1-3,9H2,(H,10,11). The van der Waals surface area contributed by atoms with Gasteiger partial charge in [-0.1, -0.05) is 0 Å². The van der Waals surface area contributed by atoms with Crippen LogP contribution in [0.15, 0.2) is 0 Å². The molecule has 1 saturated carbocycles. The summed E-state index contributed by atoms with van der Waals surface area (Å²) in [7, 11) is 0. The molecule has 0 atom stereocenters. The molecule has 1 amide bonds. The summed E-state index contributed by atoms with van der Waals surface area (Å²) in [6, 6.07) is -0.374. The van der Waals surface area contributed by atoms with Gasteiger partial charge in [0.05, 0.1) is 6.54 Å². The molecule has 0 spiro atoms. The van der Waals surface area contributed by atoms with Gasteiger partial charge in [-0.3, -0.25) is 4.79 Å². The lowest BCUT2D eigenvalue weighted by Gasteiger charge is -2.35.